The molecule has 124 valence electrons. The van der Waals surface area contributed by atoms with E-state index in [4.69, 9.17) is 4.74 Å². The number of ether oxygens (including phenoxy) is 1. The molecule has 0 aliphatic carbocycles. The van der Waals surface area contributed by atoms with Crippen LogP contribution in [-0.2, 0) is 4.79 Å². The summed E-state index contributed by atoms with van der Waals surface area (Å²) < 4.78 is 5.86. The second kappa shape index (κ2) is 7.59. The minimum absolute atomic E-state index is 0.000754. The van der Waals surface area contributed by atoms with E-state index < -0.39 is 5.41 Å². The molecule has 0 saturated carbocycles. The van der Waals surface area contributed by atoms with Gasteiger partial charge in [0.2, 0.25) is 5.91 Å². The molecule has 0 fully saturated rings. The first kappa shape index (κ1) is 17.5. The number of amides is 1. The number of hydrogen-bond acceptors (Lipinski definition) is 4. The predicted octanol–water partition coefficient (Wildman–Crippen LogP) is 4.58. The molecule has 2 aromatic rings. The molecule has 0 bridgehead atoms. The highest BCUT2D eigenvalue weighted by atomic mass is 32.1. The first-order chi connectivity index (χ1) is 10.9. The molecule has 1 aromatic heterocycles. The number of aromatic nitrogens is 1. The van der Waals surface area contributed by atoms with Crippen molar-refractivity contribution >= 4 is 22.4 Å². The molecule has 23 heavy (non-hydrogen) atoms. The maximum absolute atomic E-state index is 12.3. The van der Waals surface area contributed by atoms with Gasteiger partial charge in [0.1, 0.15) is 5.75 Å². The van der Waals surface area contributed by atoms with Crippen molar-refractivity contribution in [3.63, 3.8) is 0 Å². The Labute approximate surface area is 141 Å². The summed E-state index contributed by atoms with van der Waals surface area (Å²) in [5, 5.41) is 5.36. The Morgan fingerprint density at radius 3 is 2.83 bits per heavy atom. The van der Waals surface area contributed by atoms with Gasteiger partial charge in [0.25, 0.3) is 0 Å². The molecule has 1 heterocycles. The van der Waals surface area contributed by atoms with Crippen molar-refractivity contribution in [2.24, 2.45) is 5.41 Å². The number of nitrogens with zero attached hydrogens (tertiary/aromatic N) is 1. The second-order valence-corrected chi connectivity index (χ2v) is 7.29. The quantitative estimate of drug-likeness (QED) is 0.755. The van der Waals surface area contributed by atoms with Gasteiger partial charge in [0.05, 0.1) is 6.61 Å². The van der Waals surface area contributed by atoms with Gasteiger partial charge in [-0.15, -0.1) is 11.3 Å². The Morgan fingerprint density at radius 2 is 2.13 bits per heavy atom. The van der Waals surface area contributed by atoms with Gasteiger partial charge in [-0.2, -0.15) is 0 Å². The summed E-state index contributed by atoms with van der Waals surface area (Å²) in [5.74, 6) is 0.925. The van der Waals surface area contributed by atoms with Crippen LogP contribution in [0.1, 0.15) is 37.8 Å². The van der Waals surface area contributed by atoms with Crippen LogP contribution in [-0.4, -0.2) is 17.5 Å². The molecular formula is C18H24N2O2S. The highest BCUT2D eigenvalue weighted by Crippen LogP contribution is 2.26. The zero-order chi connectivity index (χ0) is 16.9. The highest BCUT2D eigenvalue weighted by Gasteiger charge is 2.27. The van der Waals surface area contributed by atoms with Gasteiger partial charge in [0, 0.05) is 17.0 Å². The lowest BCUT2D eigenvalue weighted by Crippen LogP contribution is -2.31. The Morgan fingerprint density at radius 1 is 1.35 bits per heavy atom. The van der Waals surface area contributed by atoms with E-state index in [-0.39, 0.29) is 5.91 Å². The minimum Gasteiger partial charge on any atom is -0.493 e. The number of rotatable bonds is 7. The number of benzene rings is 1. The summed E-state index contributed by atoms with van der Waals surface area (Å²) in [4.78, 5) is 16.4. The van der Waals surface area contributed by atoms with Gasteiger partial charge in [-0.25, -0.2) is 4.98 Å². The Bertz CT molecular complexity index is 651. The molecule has 5 heteroatoms. The van der Waals surface area contributed by atoms with Crippen LogP contribution in [0.3, 0.4) is 0 Å². The number of nitrogens with one attached hydrogen (secondary N) is 1. The van der Waals surface area contributed by atoms with Gasteiger partial charge in [0.15, 0.2) is 5.13 Å². The molecule has 0 saturated heterocycles. The second-order valence-electron chi connectivity index (χ2n) is 6.40. The van der Waals surface area contributed by atoms with E-state index in [1.54, 1.807) is 6.20 Å². The summed E-state index contributed by atoms with van der Waals surface area (Å²) in [6.07, 6.45) is 3.27. The molecule has 0 aliphatic heterocycles. The van der Waals surface area contributed by atoms with Crippen LogP contribution >= 0.6 is 11.3 Å². The topological polar surface area (TPSA) is 51.2 Å². The lowest BCUT2D eigenvalue weighted by molar-refractivity contribution is -0.124. The monoisotopic (exact) mass is 332 g/mol. The average Bonchev–Trinajstić information content (AvgIpc) is 3.00. The maximum atomic E-state index is 12.3. The van der Waals surface area contributed by atoms with E-state index in [0.29, 0.717) is 11.7 Å². The minimum atomic E-state index is -0.448. The Hall–Kier alpha value is -1.88. The van der Waals surface area contributed by atoms with Gasteiger partial charge in [-0.05, 0) is 43.9 Å². The molecule has 1 amide bonds. The van der Waals surface area contributed by atoms with E-state index in [1.807, 2.05) is 26.2 Å². The molecule has 0 radical (unpaired) electrons. The molecule has 1 N–H and O–H groups in total. The lowest BCUT2D eigenvalue weighted by Gasteiger charge is -2.23. The molecule has 0 atom stereocenters. The molecule has 0 unspecified atom stereocenters. The SMILES string of the molecule is Cc1ccc(C)c(OCCCC(C)(C)C(=O)Nc2nccs2)c1. The fourth-order valence-corrected chi connectivity index (χ4v) is 2.75. The van der Waals surface area contributed by atoms with Crippen molar-refractivity contribution in [2.75, 3.05) is 11.9 Å². The van der Waals surface area contributed by atoms with Crippen molar-refractivity contribution in [2.45, 2.75) is 40.5 Å². The molecule has 0 aliphatic rings. The van der Waals surface area contributed by atoms with Crippen LogP contribution in [0.5, 0.6) is 5.75 Å². The number of aryl methyl sites for hydroxylation is 2. The summed E-state index contributed by atoms with van der Waals surface area (Å²) in [7, 11) is 0. The number of anilines is 1. The maximum Gasteiger partial charge on any atom is 0.231 e. The van der Waals surface area contributed by atoms with E-state index in [2.05, 4.69) is 35.4 Å². The van der Waals surface area contributed by atoms with E-state index in [9.17, 15) is 4.79 Å². The summed E-state index contributed by atoms with van der Waals surface area (Å²) in [6, 6.07) is 6.19. The number of thiazole rings is 1. The van der Waals surface area contributed by atoms with E-state index in [0.717, 1.165) is 24.2 Å². The zero-order valence-electron chi connectivity index (χ0n) is 14.2. The van der Waals surface area contributed by atoms with Gasteiger partial charge >= 0.3 is 0 Å². The van der Waals surface area contributed by atoms with Crippen LogP contribution in [0.4, 0.5) is 5.13 Å². The Kier molecular flexibility index (Phi) is 5.77. The fourth-order valence-electron chi connectivity index (χ4n) is 2.22. The normalized spacial score (nSPS) is 11.3. The predicted molar refractivity (Wildman–Crippen MR) is 95.2 cm³/mol. The van der Waals surface area contributed by atoms with Crippen molar-refractivity contribution in [3.05, 3.63) is 40.9 Å². The average molecular weight is 332 g/mol. The van der Waals surface area contributed by atoms with E-state index >= 15 is 0 Å². The van der Waals surface area contributed by atoms with Crippen LogP contribution in [0, 0.1) is 19.3 Å². The zero-order valence-corrected chi connectivity index (χ0v) is 15.0. The first-order valence-corrected chi connectivity index (χ1v) is 8.67. The molecule has 1 aromatic carbocycles. The first-order valence-electron chi connectivity index (χ1n) is 7.79. The number of carbonyl (C=O) groups is 1. The van der Waals surface area contributed by atoms with Gasteiger partial charge in [-0.1, -0.05) is 26.0 Å². The van der Waals surface area contributed by atoms with Crippen LogP contribution in [0.2, 0.25) is 0 Å². The van der Waals surface area contributed by atoms with Crippen LogP contribution in [0.25, 0.3) is 0 Å². The summed E-state index contributed by atoms with van der Waals surface area (Å²) in [6.45, 7) is 8.61. The number of carbonyl (C=O) groups excluding carboxylic acids is 1. The van der Waals surface area contributed by atoms with E-state index in [1.165, 1.54) is 16.9 Å². The standard InChI is InChI=1S/C18H24N2O2S/c1-13-6-7-14(2)15(12-13)22-10-5-8-18(3,4)16(21)20-17-19-9-11-23-17/h6-7,9,11-12H,5,8,10H2,1-4H3,(H,19,20,21). The third-order valence-electron chi connectivity index (χ3n) is 3.81. The Balaban J connectivity index is 1.80. The third kappa shape index (κ3) is 5.06. The third-order valence-corrected chi connectivity index (χ3v) is 4.50. The highest BCUT2D eigenvalue weighted by molar-refractivity contribution is 7.13. The van der Waals surface area contributed by atoms with Crippen LogP contribution < -0.4 is 10.1 Å². The van der Waals surface area contributed by atoms with Crippen molar-refractivity contribution in [1.82, 2.24) is 4.98 Å². The van der Waals surface area contributed by atoms with Crippen molar-refractivity contribution < 1.29 is 9.53 Å². The van der Waals surface area contributed by atoms with Gasteiger partial charge < -0.3 is 10.1 Å². The lowest BCUT2D eigenvalue weighted by atomic mass is 9.87. The van der Waals surface area contributed by atoms with Crippen molar-refractivity contribution in [3.8, 4) is 5.75 Å². The molecule has 0 spiro atoms. The smallest absolute Gasteiger partial charge is 0.231 e. The largest absolute Gasteiger partial charge is 0.493 e. The van der Waals surface area contributed by atoms with Crippen molar-refractivity contribution in [1.29, 1.82) is 0 Å². The number of hydrogen-bond donors (Lipinski definition) is 1. The summed E-state index contributed by atoms with van der Waals surface area (Å²) >= 11 is 1.43. The molecule has 2 rings (SSSR count). The fraction of sp³-hybridized carbons (Fsp3) is 0.444. The van der Waals surface area contributed by atoms with Crippen LogP contribution in [0.15, 0.2) is 29.8 Å². The molecule has 4 nitrogen and oxygen atoms in total. The van der Waals surface area contributed by atoms with Gasteiger partial charge in [-0.3, -0.25) is 4.79 Å². The molecular weight excluding hydrogens is 308 g/mol. The summed E-state index contributed by atoms with van der Waals surface area (Å²) in [5.41, 5.74) is 1.88.